The van der Waals surface area contributed by atoms with Gasteiger partial charge >= 0.3 is 5.97 Å². The molecular formula is C19H20O2. The van der Waals surface area contributed by atoms with Gasteiger partial charge in [-0.05, 0) is 17.5 Å². The van der Waals surface area contributed by atoms with Crippen LogP contribution in [0.2, 0.25) is 0 Å². The van der Waals surface area contributed by atoms with Crippen molar-refractivity contribution in [2.75, 3.05) is 6.61 Å². The quantitative estimate of drug-likeness (QED) is 0.581. The number of hydrogen-bond acceptors (Lipinski definition) is 2. The van der Waals surface area contributed by atoms with Gasteiger partial charge in [0.15, 0.2) is 0 Å². The third kappa shape index (κ3) is 3.82. The standard InChI is InChI=1S/C19H20O2/c1-3-14-21-19(20)15(2)18(16-10-6-4-7-11-16)17-12-8-5-9-13-17/h4-13,18H,2-3,14H2,1H3. The van der Waals surface area contributed by atoms with Crippen LogP contribution in [0.1, 0.15) is 30.4 Å². The lowest BCUT2D eigenvalue weighted by atomic mass is 9.85. The molecule has 21 heavy (non-hydrogen) atoms. The monoisotopic (exact) mass is 280 g/mol. The molecule has 0 spiro atoms. The fraction of sp³-hybridized carbons (Fsp3) is 0.211. The first-order chi connectivity index (χ1) is 10.2. The van der Waals surface area contributed by atoms with Gasteiger partial charge < -0.3 is 4.74 Å². The highest BCUT2D eigenvalue weighted by atomic mass is 16.5. The summed E-state index contributed by atoms with van der Waals surface area (Å²) in [6.45, 7) is 6.38. The van der Waals surface area contributed by atoms with Gasteiger partial charge in [0.05, 0.1) is 6.61 Å². The van der Waals surface area contributed by atoms with Crippen molar-refractivity contribution in [3.63, 3.8) is 0 Å². The molecular weight excluding hydrogens is 260 g/mol. The maximum Gasteiger partial charge on any atom is 0.334 e. The largest absolute Gasteiger partial charge is 0.462 e. The summed E-state index contributed by atoms with van der Waals surface area (Å²) < 4.78 is 5.24. The molecule has 0 bridgehead atoms. The topological polar surface area (TPSA) is 26.3 Å². The summed E-state index contributed by atoms with van der Waals surface area (Å²) in [5.74, 6) is -0.494. The van der Waals surface area contributed by atoms with Gasteiger partial charge in [0.1, 0.15) is 0 Å². The van der Waals surface area contributed by atoms with E-state index in [1.165, 1.54) is 0 Å². The lowest BCUT2D eigenvalue weighted by molar-refractivity contribution is -0.139. The Bertz CT molecular complexity index is 548. The highest BCUT2D eigenvalue weighted by Crippen LogP contribution is 2.31. The first kappa shape index (κ1) is 15.0. The van der Waals surface area contributed by atoms with Crippen LogP contribution in [0, 0.1) is 0 Å². The number of hydrogen-bond donors (Lipinski definition) is 0. The molecule has 0 saturated heterocycles. The Labute approximate surface area is 126 Å². The summed E-state index contributed by atoms with van der Waals surface area (Å²) in [5.41, 5.74) is 2.56. The lowest BCUT2D eigenvalue weighted by Crippen LogP contribution is -2.15. The highest BCUT2D eigenvalue weighted by molar-refractivity contribution is 5.90. The van der Waals surface area contributed by atoms with E-state index in [1.807, 2.05) is 67.6 Å². The first-order valence-corrected chi connectivity index (χ1v) is 7.19. The van der Waals surface area contributed by atoms with E-state index in [9.17, 15) is 4.79 Å². The molecule has 0 unspecified atom stereocenters. The minimum absolute atomic E-state index is 0.170. The third-order valence-corrected chi connectivity index (χ3v) is 3.31. The van der Waals surface area contributed by atoms with Gasteiger partial charge in [-0.2, -0.15) is 0 Å². The molecule has 0 atom stereocenters. The van der Waals surface area contributed by atoms with E-state index in [1.54, 1.807) is 0 Å². The molecule has 0 saturated carbocycles. The maximum absolute atomic E-state index is 12.2. The van der Waals surface area contributed by atoms with E-state index >= 15 is 0 Å². The first-order valence-electron chi connectivity index (χ1n) is 7.19. The molecule has 2 nitrogen and oxygen atoms in total. The van der Waals surface area contributed by atoms with Crippen molar-refractivity contribution < 1.29 is 9.53 Å². The summed E-state index contributed by atoms with van der Waals surface area (Å²) in [6, 6.07) is 19.8. The van der Waals surface area contributed by atoms with Crippen LogP contribution in [-0.4, -0.2) is 12.6 Å². The average molecular weight is 280 g/mol. The van der Waals surface area contributed by atoms with Crippen LogP contribution in [0.25, 0.3) is 0 Å². The maximum atomic E-state index is 12.2. The summed E-state index contributed by atoms with van der Waals surface area (Å²) in [7, 11) is 0. The van der Waals surface area contributed by atoms with Crippen molar-refractivity contribution in [2.24, 2.45) is 0 Å². The Morgan fingerprint density at radius 2 is 1.48 bits per heavy atom. The SMILES string of the molecule is C=C(C(=O)OCCC)C(c1ccccc1)c1ccccc1. The number of rotatable bonds is 6. The molecule has 0 radical (unpaired) electrons. The van der Waals surface area contributed by atoms with Crippen molar-refractivity contribution in [3.05, 3.63) is 83.9 Å². The molecule has 0 amide bonds. The third-order valence-electron chi connectivity index (χ3n) is 3.31. The van der Waals surface area contributed by atoms with E-state index in [2.05, 4.69) is 6.58 Å². The van der Waals surface area contributed by atoms with Gasteiger partial charge in [0.25, 0.3) is 0 Å². The smallest absolute Gasteiger partial charge is 0.334 e. The second kappa shape index (κ2) is 7.44. The molecule has 0 fully saturated rings. The molecule has 2 aromatic rings. The zero-order valence-electron chi connectivity index (χ0n) is 12.3. The molecule has 0 aliphatic heterocycles. The van der Waals surface area contributed by atoms with Crippen LogP contribution in [0.15, 0.2) is 72.8 Å². The summed E-state index contributed by atoms with van der Waals surface area (Å²) in [4.78, 5) is 12.2. The van der Waals surface area contributed by atoms with Gasteiger partial charge in [-0.1, -0.05) is 74.2 Å². The van der Waals surface area contributed by atoms with Crippen LogP contribution >= 0.6 is 0 Å². The second-order valence-corrected chi connectivity index (χ2v) is 4.92. The zero-order valence-corrected chi connectivity index (χ0v) is 12.3. The Balaban J connectivity index is 2.33. The van der Waals surface area contributed by atoms with Crippen LogP contribution in [0.4, 0.5) is 0 Å². The van der Waals surface area contributed by atoms with E-state index < -0.39 is 0 Å². The van der Waals surface area contributed by atoms with E-state index in [0.717, 1.165) is 17.5 Å². The fourth-order valence-electron chi connectivity index (χ4n) is 2.29. The van der Waals surface area contributed by atoms with Crippen molar-refractivity contribution in [3.8, 4) is 0 Å². The Morgan fingerprint density at radius 1 is 1.00 bits per heavy atom. The number of esters is 1. The molecule has 108 valence electrons. The van der Waals surface area contributed by atoms with Crippen LogP contribution in [0.5, 0.6) is 0 Å². The van der Waals surface area contributed by atoms with Crippen molar-refractivity contribution >= 4 is 5.97 Å². The molecule has 0 heterocycles. The van der Waals surface area contributed by atoms with E-state index in [0.29, 0.717) is 12.2 Å². The average Bonchev–Trinajstić information content (AvgIpc) is 2.54. The van der Waals surface area contributed by atoms with E-state index in [4.69, 9.17) is 4.74 Å². The number of carbonyl (C=O) groups is 1. The van der Waals surface area contributed by atoms with Gasteiger partial charge in [-0.25, -0.2) is 4.79 Å². The van der Waals surface area contributed by atoms with Gasteiger partial charge in [0.2, 0.25) is 0 Å². The van der Waals surface area contributed by atoms with Crippen molar-refractivity contribution in [1.82, 2.24) is 0 Å². The predicted octanol–water partition coefficient (Wildman–Crippen LogP) is 4.33. The lowest BCUT2D eigenvalue weighted by Gasteiger charge is -2.19. The van der Waals surface area contributed by atoms with Gasteiger partial charge in [-0.15, -0.1) is 0 Å². The predicted molar refractivity (Wildman–Crippen MR) is 85.1 cm³/mol. The fourth-order valence-corrected chi connectivity index (χ4v) is 2.29. The van der Waals surface area contributed by atoms with Crippen molar-refractivity contribution in [2.45, 2.75) is 19.3 Å². The Kier molecular flexibility index (Phi) is 5.33. The highest BCUT2D eigenvalue weighted by Gasteiger charge is 2.23. The molecule has 2 heteroatoms. The van der Waals surface area contributed by atoms with Crippen LogP contribution in [0.3, 0.4) is 0 Å². The summed E-state index contributed by atoms with van der Waals surface area (Å²) in [5, 5.41) is 0. The molecule has 0 N–H and O–H groups in total. The minimum Gasteiger partial charge on any atom is -0.462 e. The number of carbonyl (C=O) groups excluding carboxylic acids is 1. The number of ether oxygens (including phenoxy) is 1. The molecule has 2 rings (SSSR count). The second-order valence-electron chi connectivity index (χ2n) is 4.92. The van der Waals surface area contributed by atoms with Gasteiger partial charge in [-0.3, -0.25) is 0 Å². The molecule has 0 aromatic heterocycles. The molecule has 2 aromatic carbocycles. The number of benzene rings is 2. The molecule has 0 aliphatic carbocycles. The zero-order chi connectivity index (χ0) is 15.1. The van der Waals surface area contributed by atoms with Crippen LogP contribution < -0.4 is 0 Å². The Morgan fingerprint density at radius 3 is 1.90 bits per heavy atom. The minimum atomic E-state index is -0.324. The summed E-state index contributed by atoms with van der Waals surface area (Å²) >= 11 is 0. The summed E-state index contributed by atoms with van der Waals surface area (Å²) in [6.07, 6.45) is 0.806. The normalized spacial score (nSPS) is 10.4. The molecule has 0 aliphatic rings. The van der Waals surface area contributed by atoms with Gasteiger partial charge in [0, 0.05) is 11.5 Å². The van der Waals surface area contributed by atoms with E-state index in [-0.39, 0.29) is 11.9 Å². The Hall–Kier alpha value is -2.35. The van der Waals surface area contributed by atoms with Crippen molar-refractivity contribution in [1.29, 1.82) is 0 Å². The van der Waals surface area contributed by atoms with Crippen LogP contribution in [-0.2, 0) is 9.53 Å².